The van der Waals surface area contributed by atoms with Gasteiger partial charge in [0.05, 0.1) is 32.2 Å². The number of hydrogen-bond donors (Lipinski definition) is 7. The fraction of sp³-hybridized carbons (Fsp3) is 0.344. The Morgan fingerprint density at radius 3 is 2.55 bits per heavy atom. The van der Waals surface area contributed by atoms with E-state index >= 15 is 0 Å². The smallest absolute Gasteiger partial charge is 0.347 e. The monoisotopic (exact) mass is 914 g/mol. The van der Waals surface area contributed by atoms with Crippen molar-refractivity contribution in [1.29, 1.82) is 0 Å². The number of amides is 3. The van der Waals surface area contributed by atoms with Crippen LogP contribution >= 0.6 is 30.5 Å². The summed E-state index contributed by atoms with van der Waals surface area (Å²) in [5.41, 5.74) is 0.678. The van der Waals surface area contributed by atoms with E-state index in [9.17, 15) is 36.6 Å². The first-order valence-corrected chi connectivity index (χ1v) is 21.6. The molecule has 5 heterocycles. The predicted molar refractivity (Wildman–Crippen MR) is 210 cm³/mol. The van der Waals surface area contributed by atoms with Crippen LogP contribution in [-0.4, -0.2) is 109 Å². The molecule has 23 nitrogen and oxygen atoms in total. The third kappa shape index (κ3) is 12.8. The summed E-state index contributed by atoms with van der Waals surface area (Å²) in [5, 5.41) is 22.4. The number of nitrogens with zero attached hydrogens (tertiary/aromatic N) is 7. The lowest BCUT2D eigenvalue weighted by molar-refractivity contribution is -0.135. The van der Waals surface area contributed by atoms with E-state index in [2.05, 4.69) is 54.7 Å². The van der Waals surface area contributed by atoms with Crippen molar-refractivity contribution >= 4 is 81.7 Å². The number of terminal acetylenes is 1. The minimum atomic E-state index is -4.37. The second-order valence-electron chi connectivity index (χ2n) is 13.0. The molecular weight excluding hydrogens is 879 g/mol. The fourth-order valence-electron chi connectivity index (χ4n) is 5.13. The van der Waals surface area contributed by atoms with Crippen LogP contribution in [-0.2, 0) is 37.1 Å². The number of hydrogen-bond acceptors (Lipinski definition) is 17. The molecule has 2 aliphatic heterocycles. The minimum absolute atomic E-state index is 0.0633. The van der Waals surface area contributed by atoms with Crippen LogP contribution in [0.3, 0.4) is 0 Å². The molecule has 28 heteroatoms. The number of carboxylic acids is 2. The number of rotatable bonds is 11. The summed E-state index contributed by atoms with van der Waals surface area (Å²) in [4.78, 5) is 77.9. The molecule has 4 aromatic rings. The van der Waals surface area contributed by atoms with Crippen LogP contribution in [0.15, 0.2) is 33.5 Å². The van der Waals surface area contributed by atoms with E-state index in [1.807, 2.05) is 4.57 Å². The number of anilines is 2. The maximum Gasteiger partial charge on any atom is 0.347 e. The molecule has 0 aliphatic carbocycles. The maximum absolute atomic E-state index is 14.5. The van der Waals surface area contributed by atoms with Gasteiger partial charge >= 0.3 is 31.6 Å². The molecule has 0 bridgehead atoms. The zero-order chi connectivity index (χ0) is 44.6. The highest BCUT2D eigenvalue weighted by molar-refractivity contribution is 7.90. The van der Waals surface area contributed by atoms with Gasteiger partial charge in [0.25, 0.3) is 15.9 Å². The minimum Gasteiger partial charge on any atom is -0.481 e. The lowest BCUT2D eigenvalue weighted by Crippen LogP contribution is -2.39. The van der Waals surface area contributed by atoms with Crippen molar-refractivity contribution < 1.29 is 66.0 Å². The Morgan fingerprint density at radius 2 is 1.92 bits per heavy atom. The summed E-state index contributed by atoms with van der Waals surface area (Å²) in [6, 6.07) is 2.61. The lowest BCUT2D eigenvalue weighted by atomic mass is 9.92. The van der Waals surface area contributed by atoms with Crippen molar-refractivity contribution in [3.63, 3.8) is 0 Å². The molecule has 0 spiro atoms. The first-order chi connectivity index (χ1) is 28.0. The molecule has 1 aromatic carbocycles. The molecule has 322 valence electrons. The highest BCUT2D eigenvalue weighted by Crippen LogP contribution is 2.38. The third-order valence-electron chi connectivity index (χ3n) is 7.50. The van der Waals surface area contributed by atoms with E-state index in [1.165, 1.54) is 48.0 Å². The zero-order valence-corrected chi connectivity index (χ0v) is 35.1. The van der Waals surface area contributed by atoms with E-state index in [1.54, 1.807) is 4.72 Å². The van der Waals surface area contributed by atoms with E-state index < -0.39 is 64.0 Å². The topological polar surface area (TPSA) is 327 Å². The van der Waals surface area contributed by atoms with E-state index in [-0.39, 0.29) is 47.9 Å². The average Bonchev–Trinajstić information content (AvgIpc) is 3.85. The summed E-state index contributed by atoms with van der Waals surface area (Å²) >= 11 is 1.96. The van der Waals surface area contributed by atoms with E-state index in [0.29, 0.717) is 16.2 Å². The van der Waals surface area contributed by atoms with Crippen molar-refractivity contribution in [2.24, 2.45) is 10.4 Å². The van der Waals surface area contributed by atoms with Crippen molar-refractivity contribution in [3.8, 4) is 24.1 Å². The number of halogens is 1. The number of benzene rings is 1. The summed E-state index contributed by atoms with van der Waals surface area (Å²) in [7, 11) is -7.16. The number of aromatic carboxylic acids is 1. The van der Waals surface area contributed by atoms with Crippen LogP contribution < -0.4 is 34.5 Å². The summed E-state index contributed by atoms with van der Waals surface area (Å²) in [6.45, 7) is 6.14. The Kier molecular flexibility index (Phi) is 15.2. The first-order valence-electron chi connectivity index (χ1n) is 16.7. The summed E-state index contributed by atoms with van der Waals surface area (Å²) in [5.74, 6) is 0.379. The molecule has 0 radical (unpaired) electrons. The third-order valence-corrected chi connectivity index (χ3v) is 11.3. The first kappa shape index (κ1) is 46.8. The molecule has 0 atom stereocenters. The number of carbonyl (C=O) groups is 4. The largest absolute Gasteiger partial charge is 0.481 e. The number of aryl methyl sites for hydroxylation is 1. The Hall–Kier alpha value is -5.88. The molecule has 0 saturated carbocycles. The maximum atomic E-state index is 14.5. The number of aromatic nitrogens is 5. The van der Waals surface area contributed by atoms with Crippen molar-refractivity contribution in [3.05, 3.63) is 50.7 Å². The lowest BCUT2D eigenvalue weighted by Gasteiger charge is -2.28. The molecule has 60 heavy (non-hydrogen) atoms. The summed E-state index contributed by atoms with van der Waals surface area (Å²) in [6.07, 6.45) is 5.62. The Bertz CT molecular complexity index is 2570. The van der Waals surface area contributed by atoms with Crippen LogP contribution in [0, 0.1) is 30.5 Å². The second-order valence-corrected chi connectivity index (χ2v) is 17.9. The summed E-state index contributed by atoms with van der Waals surface area (Å²) < 4.78 is 67.1. The Morgan fingerprint density at radius 1 is 1.20 bits per heavy atom. The molecule has 0 saturated heterocycles. The number of aliphatic carboxylic acids is 1. The van der Waals surface area contributed by atoms with Crippen LogP contribution in [0.1, 0.15) is 35.2 Å². The highest BCUT2D eigenvalue weighted by atomic mass is 32.2. The van der Waals surface area contributed by atoms with Gasteiger partial charge in [0.1, 0.15) is 32.9 Å². The predicted octanol–water partition coefficient (Wildman–Crippen LogP) is 1.51. The number of nitrogens with one attached hydrogen (secondary N) is 3. The number of ether oxygens (including phenoxy) is 2. The van der Waals surface area contributed by atoms with Gasteiger partial charge in [0, 0.05) is 30.6 Å². The number of methoxy groups -OCH3 is 1. The van der Waals surface area contributed by atoms with E-state index in [4.69, 9.17) is 35.9 Å². The molecule has 7 N–H and O–H groups in total. The Labute approximate surface area is 347 Å². The second kappa shape index (κ2) is 19.5. The average molecular weight is 915 g/mol. The van der Waals surface area contributed by atoms with Crippen molar-refractivity contribution in [2.75, 3.05) is 43.3 Å². The van der Waals surface area contributed by atoms with Gasteiger partial charge in [-0.15, -0.1) is 17.8 Å². The normalized spacial score (nSPS) is 14.2. The number of carbonyl (C=O) groups excluding carboxylic acids is 2. The molecule has 3 aromatic heterocycles. The van der Waals surface area contributed by atoms with Crippen molar-refractivity contribution in [1.82, 2.24) is 33.9 Å². The SMILES string of the molecule is C#CCN1C(=O)COc2cc(F)c(/N=c3\snc4n3CC(C)(C)C4)cc21.COc1nc(C)nc(NC(=O)NS(=O)(=O)c2ccsc2C(=O)O)n1.O=C(O)CNCP(=O)(O)O. The van der Waals surface area contributed by atoms with Crippen LogP contribution in [0.2, 0.25) is 0 Å². The van der Waals surface area contributed by atoms with Gasteiger partial charge < -0.3 is 34.0 Å². The van der Waals surface area contributed by atoms with Crippen LogP contribution in [0.4, 0.5) is 26.5 Å². The number of sulfonamides is 1. The quantitative estimate of drug-likeness (QED) is 0.0828. The van der Waals surface area contributed by atoms with Crippen LogP contribution in [0.5, 0.6) is 11.8 Å². The van der Waals surface area contributed by atoms with Crippen LogP contribution in [0.25, 0.3) is 0 Å². The standard InChI is InChI=1S/C18H17FN4O2S.C11H11N5O6S2.C3H8NO5P/c1-4-5-22-13-7-12(11(19)6-14(13)25-9-16(22)24)20-17-23-10-18(2,3)8-15(23)21-26-17;1-5-12-9(15-11(13-5)22-2)14-10(19)16-24(20,21)6-3-4-23-7(6)8(17)18;5-3(6)1-4-2-10(7,8)9/h1,6-7H,5,8-10H2,2-3H3;3-4H,1-2H3,(H,17,18)(H2,12,13,14,15,16,19);4H,1-2H2,(H,5,6)(H2,7,8,9)/b20-17-;;. The van der Waals surface area contributed by atoms with Gasteiger partial charge in [-0.2, -0.15) is 19.3 Å². The van der Waals surface area contributed by atoms with Gasteiger partial charge in [-0.25, -0.2) is 32.1 Å². The van der Waals surface area contributed by atoms with Gasteiger partial charge in [-0.1, -0.05) is 19.8 Å². The van der Waals surface area contributed by atoms with Gasteiger partial charge in [0.15, 0.2) is 12.4 Å². The molecule has 0 fully saturated rings. The van der Waals surface area contributed by atoms with Gasteiger partial charge in [0.2, 0.25) is 10.7 Å². The molecule has 0 unspecified atom stereocenters. The van der Waals surface area contributed by atoms with Gasteiger partial charge in [-0.3, -0.25) is 29.7 Å². The van der Waals surface area contributed by atoms with Crippen molar-refractivity contribution in [2.45, 2.75) is 38.6 Å². The number of urea groups is 1. The number of thiophene rings is 1. The highest BCUT2D eigenvalue weighted by Gasteiger charge is 2.31. The van der Waals surface area contributed by atoms with E-state index in [0.717, 1.165) is 36.2 Å². The molecule has 6 rings (SSSR count). The molecule has 3 amide bonds. The number of fused-ring (bicyclic) bond motifs is 2. The fourth-order valence-corrected chi connectivity index (χ4v) is 8.46. The Balaban J connectivity index is 0.000000218. The molecular formula is C32H36FN10O13PS3. The zero-order valence-electron chi connectivity index (χ0n) is 31.8. The van der Waals surface area contributed by atoms with Gasteiger partial charge in [-0.05, 0) is 29.9 Å². The molecule has 2 aliphatic rings. The number of carboxylic acid groups (broad SMARTS) is 2.